The second kappa shape index (κ2) is 14.1. The van der Waals surface area contributed by atoms with E-state index in [0.717, 1.165) is 61.2 Å². The molecular formula is C65H42N4. The van der Waals surface area contributed by atoms with Gasteiger partial charge in [-0.3, -0.25) is 0 Å². The van der Waals surface area contributed by atoms with Crippen molar-refractivity contribution < 1.29 is 0 Å². The van der Waals surface area contributed by atoms with E-state index in [-0.39, 0.29) is 5.41 Å². The number of aromatic nitrogens is 4. The van der Waals surface area contributed by atoms with Gasteiger partial charge in [-0.15, -0.1) is 0 Å². The lowest BCUT2D eigenvalue weighted by molar-refractivity contribution is 0.660. The first-order valence-corrected chi connectivity index (χ1v) is 23.9. The van der Waals surface area contributed by atoms with E-state index in [4.69, 9.17) is 9.97 Å². The molecule has 4 heteroatoms. The lowest BCUT2D eigenvalue weighted by Gasteiger charge is -2.21. The zero-order valence-electron chi connectivity index (χ0n) is 38.1. The third-order valence-corrected chi connectivity index (χ3v) is 15.2. The van der Waals surface area contributed by atoms with Gasteiger partial charge in [-0.1, -0.05) is 159 Å². The van der Waals surface area contributed by atoms with Crippen LogP contribution in [0.5, 0.6) is 0 Å². The van der Waals surface area contributed by atoms with Crippen molar-refractivity contribution in [1.82, 2.24) is 19.1 Å². The molecule has 0 unspecified atom stereocenters. The molecule has 0 saturated heterocycles. The minimum atomic E-state index is -0.127. The average Bonchev–Trinajstić information content (AvgIpc) is 3.98. The molecule has 0 spiro atoms. The summed E-state index contributed by atoms with van der Waals surface area (Å²) in [7, 11) is 0. The highest BCUT2D eigenvalue weighted by molar-refractivity contribution is 6.16. The Balaban J connectivity index is 0.927. The van der Waals surface area contributed by atoms with E-state index in [0.29, 0.717) is 0 Å². The van der Waals surface area contributed by atoms with Gasteiger partial charge >= 0.3 is 0 Å². The molecule has 322 valence electrons. The Labute approximate surface area is 398 Å². The fraction of sp³-hybridized carbons (Fsp3) is 0.0462. The molecule has 0 fully saturated rings. The normalized spacial score (nSPS) is 13.2. The Kier molecular flexibility index (Phi) is 7.81. The molecule has 1 aliphatic rings. The monoisotopic (exact) mass is 878 g/mol. The SMILES string of the molecule is CC1(C)c2ccccc2-c2c(-c3nc4ccccc4nc3-c3ccc4cc(-n5c6cc(-n7c8ccccc8c8cc9ccccc9cc87)ccc6c6cc7ccccc7cc65)ccc4c3)cccc21. The summed E-state index contributed by atoms with van der Waals surface area (Å²) in [6, 6.07) is 80.2. The van der Waals surface area contributed by atoms with Gasteiger partial charge < -0.3 is 9.13 Å². The van der Waals surface area contributed by atoms with Gasteiger partial charge in [0, 0.05) is 49.5 Å². The molecule has 0 saturated carbocycles. The topological polar surface area (TPSA) is 35.6 Å². The standard InChI is InChI=1S/C65H42N4/c1-65(2)54-21-9-7-19-50(54)62-51(20-13-22-55(62)65)64-63(66-56-23-10-11-24-57(56)67-64)45-27-26-44-33-46(29-28-43(44)32-45)69-60-37-42-17-6-4-15-40(42)35-53(60)49-31-30-47(38-61(49)69)68-58-25-12-8-18-48(58)52-34-39-14-3-5-16-41(39)36-59(52)68/h3-38H,1-2H3. The third kappa shape index (κ3) is 5.51. The van der Waals surface area contributed by atoms with Gasteiger partial charge in [-0.2, -0.15) is 0 Å². The van der Waals surface area contributed by atoms with Crippen molar-refractivity contribution in [2.45, 2.75) is 19.3 Å². The zero-order chi connectivity index (χ0) is 45.5. The number of rotatable bonds is 4. The zero-order valence-corrected chi connectivity index (χ0v) is 38.1. The second-order valence-corrected chi connectivity index (χ2v) is 19.4. The van der Waals surface area contributed by atoms with Crippen LogP contribution in [-0.2, 0) is 5.41 Å². The lowest BCUT2D eigenvalue weighted by atomic mass is 9.82. The molecule has 4 nitrogen and oxygen atoms in total. The van der Waals surface area contributed by atoms with Crippen LogP contribution < -0.4 is 0 Å². The summed E-state index contributed by atoms with van der Waals surface area (Å²) in [5.41, 5.74) is 17.8. The van der Waals surface area contributed by atoms with Crippen molar-refractivity contribution in [3.05, 3.63) is 230 Å². The molecule has 0 radical (unpaired) electrons. The van der Waals surface area contributed by atoms with E-state index < -0.39 is 0 Å². The van der Waals surface area contributed by atoms with Gasteiger partial charge in [0.1, 0.15) is 0 Å². The van der Waals surface area contributed by atoms with Crippen LogP contribution in [0.4, 0.5) is 0 Å². The maximum absolute atomic E-state index is 5.43. The molecule has 1 aliphatic carbocycles. The molecule has 11 aromatic carbocycles. The Bertz CT molecular complexity index is 4530. The van der Waals surface area contributed by atoms with Crippen molar-refractivity contribution in [2.24, 2.45) is 0 Å². The van der Waals surface area contributed by atoms with Gasteiger partial charge in [0.15, 0.2) is 0 Å². The van der Waals surface area contributed by atoms with Crippen LogP contribution in [0.25, 0.3) is 132 Å². The van der Waals surface area contributed by atoms with E-state index in [1.165, 1.54) is 81.9 Å². The first-order chi connectivity index (χ1) is 33.9. The maximum atomic E-state index is 5.43. The summed E-state index contributed by atoms with van der Waals surface area (Å²) >= 11 is 0. The summed E-state index contributed by atoms with van der Waals surface area (Å²) in [4.78, 5) is 10.8. The van der Waals surface area contributed by atoms with Crippen LogP contribution in [0, 0.1) is 0 Å². The summed E-state index contributed by atoms with van der Waals surface area (Å²) in [6.07, 6.45) is 0. The molecule has 0 amide bonds. The summed E-state index contributed by atoms with van der Waals surface area (Å²) in [6.45, 7) is 4.67. The Morgan fingerprint density at radius 2 is 0.841 bits per heavy atom. The molecule has 0 bridgehead atoms. The predicted molar refractivity (Wildman–Crippen MR) is 289 cm³/mol. The summed E-state index contributed by atoms with van der Waals surface area (Å²) in [5.74, 6) is 0. The van der Waals surface area contributed by atoms with Crippen LogP contribution >= 0.6 is 0 Å². The number of benzene rings is 11. The van der Waals surface area contributed by atoms with Gasteiger partial charge in [-0.25, -0.2) is 9.97 Å². The minimum absolute atomic E-state index is 0.127. The number of fused-ring (bicyclic) bond motifs is 13. The van der Waals surface area contributed by atoms with Gasteiger partial charge in [-0.05, 0) is 127 Å². The predicted octanol–water partition coefficient (Wildman–Crippen LogP) is 16.9. The summed E-state index contributed by atoms with van der Waals surface area (Å²) < 4.78 is 4.92. The van der Waals surface area contributed by atoms with Gasteiger partial charge in [0.25, 0.3) is 0 Å². The van der Waals surface area contributed by atoms with Crippen LogP contribution in [0.3, 0.4) is 0 Å². The van der Waals surface area contributed by atoms with E-state index in [2.05, 4.69) is 229 Å². The molecule has 0 atom stereocenters. The summed E-state index contributed by atoms with van der Waals surface area (Å²) in [5, 5.41) is 12.2. The molecule has 0 aliphatic heterocycles. The van der Waals surface area contributed by atoms with Crippen molar-refractivity contribution in [1.29, 1.82) is 0 Å². The van der Waals surface area contributed by atoms with Crippen molar-refractivity contribution >= 4 is 87.0 Å². The van der Waals surface area contributed by atoms with Gasteiger partial charge in [0.2, 0.25) is 0 Å². The first-order valence-electron chi connectivity index (χ1n) is 23.9. The minimum Gasteiger partial charge on any atom is -0.309 e. The van der Waals surface area contributed by atoms with E-state index in [9.17, 15) is 0 Å². The number of hydrogen-bond acceptors (Lipinski definition) is 2. The molecular weight excluding hydrogens is 837 g/mol. The molecule has 3 aromatic heterocycles. The van der Waals surface area contributed by atoms with Crippen molar-refractivity contribution in [3.63, 3.8) is 0 Å². The van der Waals surface area contributed by atoms with Crippen molar-refractivity contribution in [3.8, 4) is 45.0 Å². The van der Waals surface area contributed by atoms with E-state index >= 15 is 0 Å². The highest BCUT2D eigenvalue weighted by Crippen LogP contribution is 2.53. The van der Waals surface area contributed by atoms with E-state index in [1.54, 1.807) is 0 Å². The van der Waals surface area contributed by atoms with Crippen LogP contribution in [0.15, 0.2) is 218 Å². The smallest absolute Gasteiger partial charge is 0.0979 e. The third-order valence-electron chi connectivity index (χ3n) is 15.2. The largest absolute Gasteiger partial charge is 0.309 e. The molecule has 3 heterocycles. The van der Waals surface area contributed by atoms with Crippen LogP contribution in [0.2, 0.25) is 0 Å². The fourth-order valence-corrected chi connectivity index (χ4v) is 11.9. The highest BCUT2D eigenvalue weighted by atomic mass is 15.0. The molecule has 15 rings (SSSR count). The first kappa shape index (κ1) is 38.3. The van der Waals surface area contributed by atoms with Crippen molar-refractivity contribution in [2.75, 3.05) is 0 Å². The molecule has 14 aromatic rings. The van der Waals surface area contributed by atoms with Crippen LogP contribution in [0.1, 0.15) is 25.0 Å². The maximum Gasteiger partial charge on any atom is 0.0979 e. The molecule has 0 N–H and O–H groups in total. The quantitative estimate of drug-likeness (QED) is 0.177. The Hall–Kier alpha value is -8.86. The average molecular weight is 879 g/mol. The highest BCUT2D eigenvalue weighted by Gasteiger charge is 2.37. The second-order valence-electron chi connectivity index (χ2n) is 19.4. The Morgan fingerprint density at radius 1 is 0.333 bits per heavy atom. The number of para-hydroxylation sites is 3. The van der Waals surface area contributed by atoms with Crippen LogP contribution in [-0.4, -0.2) is 19.1 Å². The Morgan fingerprint density at radius 3 is 1.59 bits per heavy atom. The fourth-order valence-electron chi connectivity index (χ4n) is 11.9. The van der Waals surface area contributed by atoms with E-state index in [1.807, 2.05) is 12.1 Å². The number of nitrogens with zero attached hydrogens (tertiary/aromatic N) is 4. The molecule has 69 heavy (non-hydrogen) atoms. The lowest BCUT2D eigenvalue weighted by Crippen LogP contribution is -2.14. The van der Waals surface area contributed by atoms with Gasteiger partial charge in [0.05, 0.1) is 44.5 Å². The number of hydrogen-bond donors (Lipinski definition) is 0.